The highest BCUT2D eigenvalue weighted by Gasteiger charge is 2.45. The van der Waals surface area contributed by atoms with E-state index in [0.29, 0.717) is 12.3 Å². The first kappa shape index (κ1) is 18.5. The third-order valence-corrected chi connectivity index (χ3v) is 4.53. The summed E-state index contributed by atoms with van der Waals surface area (Å²) in [5.41, 5.74) is -1.53. The van der Waals surface area contributed by atoms with Crippen molar-refractivity contribution in [3.05, 3.63) is 30.3 Å². The van der Waals surface area contributed by atoms with Crippen LogP contribution in [0.25, 0.3) is 0 Å². The SMILES string of the molecule is CCNCC#CCC(O)(C(=O)Oc1ccccc1)C1CCCCC1. The molecule has 2 rings (SSSR count). The van der Waals surface area contributed by atoms with Crippen molar-refractivity contribution in [2.75, 3.05) is 13.1 Å². The summed E-state index contributed by atoms with van der Waals surface area (Å²) in [4.78, 5) is 12.7. The molecule has 1 unspecified atom stereocenters. The van der Waals surface area contributed by atoms with Gasteiger partial charge in [0.1, 0.15) is 5.75 Å². The van der Waals surface area contributed by atoms with E-state index in [-0.39, 0.29) is 12.3 Å². The molecule has 1 aromatic rings. The molecular formula is C20H27NO3. The van der Waals surface area contributed by atoms with Crippen LogP contribution in [-0.4, -0.2) is 29.8 Å². The number of aliphatic hydroxyl groups is 1. The van der Waals surface area contributed by atoms with E-state index in [1.165, 1.54) is 0 Å². The largest absolute Gasteiger partial charge is 0.424 e. The summed E-state index contributed by atoms with van der Waals surface area (Å²) in [6.45, 7) is 3.42. The molecule has 1 atom stereocenters. The summed E-state index contributed by atoms with van der Waals surface area (Å²) >= 11 is 0. The van der Waals surface area contributed by atoms with Crippen molar-refractivity contribution < 1.29 is 14.6 Å². The Labute approximate surface area is 144 Å². The number of carbonyl (C=O) groups is 1. The normalized spacial score (nSPS) is 17.4. The Morgan fingerprint density at radius 2 is 1.96 bits per heavy atom. The minimum absolute atomic E-state index is 0.0871. The lowest BCUT2D eigenvalue weighted by molar-refractivity contribution is -0.162. The molecule has 0 spiro atoms. The third-order valence-electron chi connectivity index (χ3n) is 4.53. The minimum Gasteiger partial charge on any atom is -0.424 e. The molecule has 24 heavy (non-hydrogen) atoms. The highest BCUT2D eigenvalue weighted by atomic mass is 16.6. The number of nitrogens with one attached hydrogen (secondary N) is 1. The quantitative estimate of drug-likeness (QED) is 0.365. The van der Waals surface area contributed by atoms with Crippen molar-refractivity contribution in [3.8, 4) is 17.6 Å². The zero-order valence-corrected chi connectivity index (χ0v) is 14.4. The molecule has 0 aliphatic heterocycles. The highest BCUT2D eigenvalue weighted by Crippen LogP contribution is 2.35. The molecule has 1 aliphatic rings. The molecule has 0 bridgehead atoms. The van der Waals surface area contributed by atoms with Gasteiger partial charge in [-0.3, -0.25) is 0 Å². The average Bonchev–Trinajstić information content (AvgIpc) is 2.63. The van der Waals surface area contributed by atoms with E-state index >= 15 is 0 Å². The zero-order chi connectivity index (χ0) is 17.3. The van der Waals surface area contributed by atoms with Crippen molar-refractivity contribution >= 4 is 5.97 Å². The first-order valence-electron chi connectivity index (χ1n) is 8.83. The Morgan fingerprint density at radius 1 is 1.25 bits per heavy atom. The van der Waals surface area contributed by atoms with Gasteiger partial charge in [-0.05, 0) is 37.4 Å². The van der Waals surface area contributed by atoms with E-state index < -0.39 is 11.6 Å². The van der Waals surface area contributed by atoms with Crippen LogP contribution in [0.1, 0.15) is 45.4 Å². The Morgan fingerprint density at radius 3 is 2.62 bits per heavy atom. The number of rotatable bonds is 6. The molecule has 1 aliphatic carbocycles. The number of esters is 1. The summed E-state index contributed by atoms with van der Waals surface area (Å²) < 4.78 is 5.44. The van der Waals surface area contributed by atoms with Gasteiger partial charge < -0.3 is 15.2 Å². The van der Waals surface area contributed by atoms with Crippen LogP contribution in [0.3, 0.4) is 0 Å². The van der Waals surface area contributed by atoms with Crippen LogP contribution in [0.4, 0.5) is 0 Å². The fraction of sp³-hybridized carbons (Fsp3) is 0.550. The number of para-hydroxylation sites is 1. The van der Waals surface area contributed by atoms with Gasteiger partial charge >= 0.3 is 5.97 Å². The van der Waals surface area contributed by atoms with Gasteiger partial charge in [-0.25, -0.2) is 4.79 Å². The van der Waals surface area contributed by atoms with E-state index in [9.17, 15) is 9.90 Å². The smallest absolute Gasteiger partial charge is 0.344 e. The van der Waals surface area contributed by atoms with E-state index in [1.54, 1.807) is 24.3 Å². The first-order valence-corrected chi connectivity index (χ1v) is 8.83. The first-order chi connectivity index (χ1) is 11.7. The predicted molar refractivity (Wildman–Crippen MR) is 94.5 cm³/mol. The van der Waals surface area contributed by atoms with Crippen LogP contribution in [-0.2, 0) is 4.79 Å². The number of hydrogen-bond acceptors (Lipinski definition) is 4. The fourth-order valence-electron chi connectivity index (χ4n) is 3.09. The van der Waals surface area contributed by atoms with Gasteiger partial charge in [-0.15, -0.1) is 0 Å². The van der Waals surface area contributed by atoms with Crippen LogP contribution < -0.4 is 10.1 Å². The molecular weight excluding hydrogens is 302 g/mol. The van der Waals surface area contributed by atoms with Crippen LogP contribution in [0.15, 0.2) is 30.3 Å². The van der Waals surface area contributed by atoms with Crippen molar-refractivity contribution in [1.82, 2.24) is 5.32 Å². The lowest BCUT2D eigenvalue weighted by Gasteiger charge is -2.35. The summed E-state index contributed by atoms with van der Waals surface area (Å²) in [7, 11) is 0. The van der Waals surface area contributed by atoms with Crippen molar-refractivity contribution in [3.63, 3.8) is 0 Å². The van der Waals surface area contributed by atoms with Crippen LogP contribution in [0.2, 0.25) is 0 Å². The second kappa shape index (κ2) is 9.46. The standard InChI is InChI=1S/C20H27NO3/c1-2-21-16-10-9-15-20(23,17-11-5-3-6-12-17)19(22)24-18-13-7-4-8-14-18/h4,7-8,13-14,17,21,23H,2-3,5-6,11-12,15-16H2,1H3. The predicted octanol–water partition coefficient (Wildman–Crippen LogP) is 2.91. The number of hydrogen-bond donors (Lipinski definition) is 2. The average molecular weight is 329 g/mol. The minimum atomic E-state index is -1.53. The molecule has 4 nitrogen and oxygen atoms in total. The molecule has 0 amide bonds. The molecule has 130 valence electrons. The zero-order valence-electron chi connectivity index (χ0n) is 14.4. The monoisotopic (exact) mass is 329 g/mol. The second-order valence-corrected chi connectivity index (χ2v) is 6.27. The van der Waals surface area contributed by atoms with E-state index in [2.05, 4.69) is 17.2 Å². The molecule has 1 aromatic carbocycles. The summed E-state index contributed by atoms with van der Waals surface area (Å²) in [5.74, 6) is 5.72. The van der Waals surface area contributed by atoms with Crippen LogP contribution in [0.5, 0.6) is 5.75 Å². The highest BCUT2D eigenvalue weighted by molar-refractivity contribution is 5.82. The van der Waals surface area contributed by atoms with Gasteiger partial charge in [0.25, 0.3) is 0 Å². The van der Waals surface area contributed by atoms with E-state index in [1.807, 2.05) is 13.0 Å². The summed E-state index contributed by atoms with van der Waals surface area (Å²) in [6.07, 6.45) is 5.04. The molecule has 1 saturated carbocycles. The lowest BCUT2D eigenvalue weighted by atomic mass is 9.75. The third kappa shape index (κ3) is 5.09. The lowest BCUT2D eigenvalue weighted by Crippen LogP contribution is -2.49. The molecule has 0 heterocycles. The topological polar surface area (TPSA) is 58.6 Å². The number of benzene rings is 1. The summed E-state index contributed by atoms with van der Waals surface area (Å²) in [6, 6.07) is 8.90. The molecule has 4 heteroatoms. The molecule has 0 saturated heterocycles. The number of carbonyl (C=O) groups excluding carboxylic acids is 1. The van der Waals surface area contributed by atoms with Gasteiger partial charge in [-0.2, -0.15) is 0 Å². The Balaban J connectivity index is 2.10. The van der Waals surface area contributed by atoms with Crippen LogP contribution >= 0.6 is 0 Å². The maximum Gasteiger partial charge on any atom is 0.344 e. The van der Waals surface area contributed by atoms with Gasteiger partial charge in [0.2, 0.25) is 0 Å². The van der Waals surface area contributed by atoms with Crippen molar-refractivity contribution in [2.24, 2.45) is 5.92 Å². The second-order valence-electron chi connectivity index (χ2n) is 6.27. The molecule has 1 fully saturated rings. The maximum absolute atomic E-state index is 12.7. The van der Waals surface area contributed by atoms with Gasteiger partial charge in [0, 0.05) is 6.42 Å². The summed E-state index contributed by atoms with van der Waals surface area (Å²) in [5, 5.41) is 14.2. The maximum atomic E-state index is 12.7. The van der Waals surface area contributed by atoms with Gasteiger partial charge in [-0.1, -0.05) is 56.2 Å². The van der Waals surface area contributed by atoms with E-state index in [4.69, 9.17) is 4.74 Å². The van der Waals surface area contributed by atoms with Crippen molar-refractivity contribution in [1.29, 1.82) is 0 Å². The molecule has 2 N–H and O–H groups in total. The Kier molecular flexibility index (Phi) is 7.30. The molecule has 0 aromatic heterocycles. The molecule has 0 radical (unpaired) electrons. The van der Waals surface area contributed by atoms with E-state index in [0.717, 1.165) is 38.6 Å². The van der Waals surface area contributed by atoms with Gasteiger partial charge in [0.05, 0.1) is 6.54 Å². The van der Waals surface area contributed by atoms with Crippen LogP contribution in [0, 0.1) is 17.8 Å². The Hall–Kier alpha value is -1.83. The fourth-order valence-corrected chi connectivity index (χ4v) is 3.09. The number of ether oxygens (including phenoxy) is 1. The van der Waals surface area contributed by atoms with Crippen molar-refractivity contribution in [2.45, 2.75) is 51.0 Å². The van der Waals surface area contributed by atoms with Gasteiger partial charge in [0.15, 0.2) is 5.60 Å². The Bertz CT molecular complexity index is 570.